The number of hydrogen-bond donors (Lipinski definition) is 2. The van der Waals surface area contributed by atoms with Crippen LogP contribution in [0.4, 0.5) is 4.39 Å². The number of aromatic nitrogens is 4. The van der Waals surface area contributed by atoms with Crippen LogP contribution in [0.3, 0.4) is 0 Å². The molecule has 0 unspecified atom stereocenters. The number of likely N-dealkylation sites (tertiary alicyclic amines) is 2. The van der Waals surface area contributed by atoms with E-state index in [2.05, 4.69) is 19.9 Å². The van der Waals surface area contributed by atoms with Crippen LogP contribution < -0.4 is 9.47 Å². The van der Waals surface area contributed by atoms with Crippen LogP contribution in [0.15, 0.2) is 48.8 Å². The van der Waals surface area contributed by atoms with Crippen molar-refractivity contribution in [1.29, 1.82) is 0 Å². The highest BCUT2D eigenvalue weighted by Gasteiger charge is 2.28. The molecule has 0 aliphatic carbocycles. The summed E-state index contributed by atoms with van der Waals surface area (Å²) in [5, 5.41) is 19.5. The zero-order valence-electron chi connectivity index (χ0n) is 23.2. The van der Waals surface area contributed by atoms with E-state index in [0.29, 0.717) is 95.5 Å². The first-order valence-corrected chi connectivity index (χ1v) is 13.9. The average Bonchev–Trinajstić information content (AvgIpc) is 2.96. The Morgan fingerprint density at radius 2 is 1.21 bits per heavy atom. The van der Waals surface area contributed by atoms with E-state index >= 15 is 4.39 Å². The molecule has 4 heterocycles. The van der Waals surface area contributed by atoms with E-state index in [-0.39, 0.29) is 17.8 Å². The molecular formula is C30H30ClFN6O4. The van der Waals surface area contributed by atoms with Crippen LogP contribution in [0.1, 0.15) is 11.4 Å². The SMILES string of the molecule is COc1nc(-c2cccc(-c3cccc(-c4cnc(CN5CC(O)C5)c(OC)n4)c3Cl)c2F)cnc1CN1CC(O)C1. The summed E-state index contributed by atoms with van der Waals surface area (Å²) >= 11 is 6.88. The Bertz CT molecular complexity index is 1490. The largest absolute Gasteiger partial charge is 0.480 e. The first kappa shape index (κ1) is 28.4. The number of benzene rings is 2. The molecule has 2 N–H and O–H groups in total. The van der Waals surface area contributed by atoms with Crippen LogP contribution in [0.5, 0.6) is 11.8 Å². The molecule has 4 aromatic rings. The highest BCUT2D eigenvalue weighted by atomic mass is 35.5. The minimum atomic E-state index is -0.498. The van der Waals surface area contributed by atoms with Crippen LogP contribution in [-0.2, 0) is 13.1 Å². The van der Waals surface area contributed by atoms with Crippen LogP contribution in [-0.4, -0.2) is 92.6 Å². The molecule has 0 amide bonds. The van der Waals surface area contributed by atoms with Crippen LogP contribution in [0.25, 0.3) is 33.6 Å². The minimum Gasteiger partial charge on any atom is -0.480 e. The molecule has 2 fully saturated rings. The fourth-order valence-electron chi connectivity index (χ4n) is 5.24. The average molecular weight is 593 g/mol. The predicted octanol–water partition coefficient (Wildman–Crippen LogP) is 3.43. The maximum absolute atomic E-state index is 16.1. The molecule has 2 saturated heterocycles. The Morgan fingerprint density at radius 3 is 1.71 bits per heavy atom. The third-order valence-electron chi connectivity index (χ3n) is 7.47. The van der Waals surface area contributed by atoms with Gasteiger partial charge in [0.25, 0.3) is 0 Å². The van der Waals surface area contributed by atoms with Gasteiger partial charge in [0, 0.05) is 61.5 Å². The number of ether oxygens (including phenoxy) is 2. The van der Waals surface area contributed by atoms with Crippen LogP contribution >= 0.6 is 11.6 Å². The highest BCUT2D eigenvalue weighted by molar-refractivity contribution is 6.36. The molecule has 2 aromatic heterocycles. The van der Waals surface area contributed by atoms with Gasteiger partial charge in [-0.15, -0.1) is 0 Å². The maximum Gasteiger partial charge on any atom is 0.237 e. The summed E-state index contributed by atoms with van der Waals surface area (Å²) < 4.78 is 27.1. The number of β-amino-alcohol motifs (C(OH)–C–C–N with tert-alkyl or cyclic N) is 2. The fraction of sp³-hybridized carbons (Fsp3) is 0.333. The maximum atomic E-state index is 16.1. The summed E-state index contributed by atoms with van der Waals surface area (Å²) in [6.07, 6.45) is 2.50. The Labute approximate surface area is 247 Å². The summed E-state index contributed by atoms with van der Waals surface area (Å²) in [5.41, 5.74) is 3.71. The first-order valence-electron chi connectivity index (χ1n) is 13.5. The molecule has 42 heavy (non-hydrogen) atoms. The van der Waals surface area contributed by atoms with Gasteiger partial charge in [-0.1, -0.05) is 41.9 Å². The Hall–Kier alpha value is -3.74. The van der Waals surface area contributed by atoms with Gasteiger partial charge in [0.1, 0.15) is 17.2 Å². The predicted molar refractivity (Wildman–Crippen MR) is 155 cm³/mol. The van der Waals surface area contributed by atoms with Gasteiger partial charge in [-0.25, -0.2) is 14.4 Å². The minimum absolute atomic E-state index is 0.257. The third-order valence-corrected chi connectivity index (χ3v) is 7.88. The van der Waals surface area contributed by atoms with E-state index in [4.69, 9.17) is 21.1 Å². The number of halogens is 2. The number of hydrogen-bond acceptors (Lipinski definition) is 10. The van der Waals surface area contributed by atoms with Crippen molar-refractivity contribution in [3.05, 3.63) is 71.0 Å². The Kier molecular flexibility index (Phi) is 8.02. The molecule has 0 saturated carbocycles. The van der Waals surface area contributed by atoms with Gasteiger partial charge in [0.2, 0.25) is 11.8 Å². The summed E-state index contributed by atoms with van der Waals surface area (Å²) in [6, 6.07) is 10.4. The molecular weight excluding hydrogens is 563 g/mol. The lowest BCUT2D eigenvalue weighted by molar-refractivity contribution is -0.00422. The Balaban J connectivity index is 1.30. The summed E-state index contributed by atoms with van der Waals surface area (Å²) in [5.74, 6) is 0.173. The lowest BCUT2D eigenvalue weighted by atomic mass is 9.98. The molecule has 0 bridgehead atoms. The topological polar surface area (TPSA) is 117 Å². The molecule has 2 aliphatic heterocycles. The van der Waals surface area contributed by atoms with Gasteiger partial charge >= 0.3 is 0 Å². The van der Waals surface area contributed by atoms with Crippen molar-refractivity contribution in [2.75, 3.05) is 40.4 Å². The molecule has 0 radical (unpaired) electrons. The van der Waals surface area contributed by atoms with Crippen LogP contribution in [0, 0.1) is 5.82 Å². The van der Waals surface area contributed by atoms with Gasteiger partial charge in [0.05, 0.1) is 55.2 Å². The zero-order valence-corrected chi connectivity index (χ0v) is 23.9. The lowest BCUT2D eigenvalue weighted by Crippen LogP contribution is -2.50. The standard InChI is InChI=1S/C30H30ClFN6O4/c1-41-29-25(15-37-11-17(39)12-37)33-9-23(35-29)21-7-3-5-19(27(21)31)20-6-4-8-22(28(20)32)24-10-34-26(30(36-24)42-2)16-38-13-18(40)14-38/h3-10,17-18,39-40H,11-16H2,1-2H3. The monoisotopic (exact) mass is 592 g/mol. The van der Waals surface area contributed by atoms with Crippen molar-refractivity contribution in [3.63, 3.8) is 0 Å². The van der Waals surface area contributed by atoms with Crippen molar-refractivity contribution in [2.45, 2.75) is 25.3 Å². The lowest BCUT2D eigenvalue weighted by Gasteiger charge is -2.35. The summed E-state index contributed by atoms with van der Waals surface area (Å²) in [4.78, 5) is 22.3. The first-order chi connectivity index (χ1) is 20.3. The molecule has 2 aromatic carbocycles. The second kappa shape index (κ2) is 11.9. The number of aliphatic hydroxyl groups excluding tert-OH is 2. The molecule has 6 rings (SSSR count). The third kappa shape index (κ3) is 5.53. The van der Waals surface area contributed by atoms with Gasteiger partial charge in [-0.05, 0) is 6.07 Å². The molecule has 0 spiro atoms. The Morgan fingerprint density at radius 1 is 0.762 bits per heavy atom. The molecule has 2 aliphatic rings. The van der Waals surface area contributed by atoms with Crippen LogP contribution in [0.2, 0.25) is 5.02 Å². The van der Waals surface area contributed by atoms with Gasteiger partial charge < -0.3 is 19.7 Å². The van der Waals surface area contributed by atoms with E-state index in [1.807, 2.05) is 9.80 Å². The fourth-order valence-corrected chi connectivity index (χ4v) is 5.56. The van der Waals surface area contributed by atoms with E-state index in [1.165, 1.54) is 20.4 Å². The number of methoxy groups -OCH3 is 2. The quantitative estimate of drug-likeness (QED) is 0.299. The molecule has 10 nitrogen and oxygen atoms in total. The smallest absolute Gasteiger partial charge is 0.237 e. The van der Waals surface area contributed by atoms with E-state index in [9.17, 15) is 10.2 Å². The van der Waals surface area contributed by atoms with Crippen molar-refractivity contribution >= 4 is 11.6 Å². The highest BCUT2D eigenvalue weighted by Crippen LogP contribution is 2.39. The van der Waals surface area contributed by atoms with Crippen molar-refractivity contribution in [1.82, 2.24) is 29.7 Å². The molecule has 12 heteroatoms. The van der Waals surface area contributed by atoms with Gasteiger partial charge in [-0.3, -0.25) is 19.8 Å². The molecule has 218 valence electrons. The second-order valence-electron chi connectivity index (χ2n) is 10.5. The van der Waals surface area contributed by atoms with E-state index < -0.39 is 5.82 Å². The zero-order chi connectivity index (χ0) is 29.4. The van der Waals surface area contributed by atoms with E-state index in [1.54, 1.807) is 42.6 Å². The number of aliphatic hydroxyl groups is 2. The summed E-state index contributed by atoms with van der Waals surface area (Å²) in [6.45, 7) is 3.28. The molecule has 0 atom stereocenters. The van der Waals surface area contributed by atoms with Crippen molar-refractivity contribution in [2.24, 2.45) is 0 Å². The van der Waals surface area contributed by atoms with Gasteiger partial charge in [-0.2, -0.15) is 0 Å². The number of rotatable bonds is 9. The van der Waals surface area contributed by atoms with E-state index in [0.717, 1.165) is 0 Å². The summed E-state index contributed by atoms with van der Waals surface area (Å²) in [7, 11) is 3.03. The van der Waals surface area contributed by atoms with Crippen molar-refractivity contribution < 1.29 is 24.1 Å². The number of nitrogens with zero attached hydrogens (tertiary/aromatic N) is 6. The van der Waals surface area contributed by atoms with Gasteiger partial charge in [0.15, 0.2) is 0 Å². The second-order valence-corrected chi connectivity index (χ2v) is 10.8. The normalized spacial score (nSPS) is 16.2. The van der Waals surface area contributed by atoms with Crippen molar-refractivity contribution in [3.8, 4) is 45.4 Å².